The van der Waals surface area contributed by atoms with E-state index in [1.165, 1.54) is 0 Å². The molecule has 1 atom stereocenters. The molecule has 0 radical (unpaired) electrons. The second-order valence-corrected chi connectivity index (χ2v) is 5.17. The van der Waals surface area contributed by atoms with Crippen LogP contribution in [0.15, 0.2) is 18.2 Å². The van der Waals surface area contributed by atoms with Crippen molar-refractivity contribution < 1.29 is 9.59 Å². The predicted molar refractivity (Wildman–Crippen MR) is 72.1 cm³/mol. The van der Waals surface area contributed by atoms with E-state index >= 15 is 0 Å². The van der Waals surface area contributed by atoms with E-state index in [4.69, 9.17) is 0 Å². The molecule has 2 amide bonds. The molecule has 0 spiro atoms. The molecule has 1 saturated heterocycles. The normalized spacial score (nSPS) is 21.1. The summed E-state index contributed by atoms with van der Waals surface area (Å²) < 4.78 is 0. The number of amides is 2. The van der Waals surface area contributed by atoms with Crippen LogP contribution in [0.3, 0.4) is 0 Å². The van der Waals surface area contributed by atoms with Gasteiger partial charge in [0.1, 0.15) is 0 Å². The summed E-state index contributed by atoms with van der Waals surface area (Å²) in [7, 11) is 0. The molecule has 5 nitrogen and oxygen atoms in total. The molecule has 19 heavy (non-hydrogen) atoms. The lowest BCUT2D eigenvalue weighted by Crippen LogP contribution is -2.30. The number of carbonyl (C=O) groups excluding carboxylic acids is 2. The molecule has 0 saturated carbocycles. The van der Waals surface area contributed by atoms with Gasteiger partial charge in [0.25, 0.3) is 5.91 Å². The maximum atomic E-state index is 12.0. The van der Waals surface area contributed by atoms with E-state index in [0.717, 1.165) is 30.8 Å². The van der Waals surface area contributed by atoms with Crippen LogP contribution in [0.5, 0.6) is 0 Å². The van der Waals surface area contributed by atoms with Gasteiger partial charge in [-0.3, -0.25) is 9.59 Å². The number of nitrogens with one attached hydrogen (secondary N) is 3. The Labute approximate surface area is 111 Å². The van der Waals surface area contributed by atoms with E-state index in [2.05, 4.69) is 16.0 Å². The van der Waals surface area contributed by atoms with E-state index in [9.17, 15) is 9.59 Å². The Morgan fingerprint density at radius 1 is 1.42 bits per heavy atom. The van der Waals surface area contributed by atoms with Crippen LogP contribution in [0.1, 0.15) is 22.3 Å². The SMILES string of the molecule is O=C1Cc2cc(C(=O)NC[C@H]3CCNC3)ccc2N1. The first kappa shape index (κ1) is 12.2. The Morgan fingerprint density at radius 3 is 3.11 bits per heavy atom. The molecule has 2 aliphatic heterocycles. The van der Waals surface area contributed by atoms with Crippen molar-refractivity contribution in [1.29, 1.82) is 0 Å². The zero-order chi connectivity index (χ0) is 13.2. The quantitative estimate of drug-likeness (QED) is 0.741. The monoisotopic (exact) mass is 259 g/mol. The van der Waals surface area contributed by atoms with Crippen molar-refractivity contribution in [3.63, 3.8) is 0 Å². The Bertz CT molecular complexity index is 521. The zero-order valence-electron chi connectivity index (χ0n) is 10.7. The maximum absolute atomic E-state index is 12.0. The second kappa shape index (κ2) is 5.01. The summed E-state index contributed by atoms with van der Waals surface area (Å²) in [5.41, 5.74) is 2.35. The van der Waals surface area contributed by atoms with E-state index in [0.29, 0.717) is 24.4 Å². The fourth-order valence-electron chi connectivity index (χ4n) is 2.60. The van der Waals surface area contributed by atoms with Gasteiger partial charge in [-0.15, -0.1) is 0 Å². The van der Waals surface area contributed by atoms with Crippen molar-refractivity contribution in [3.8, 4) is 0 Å². The van der Waals surface area contributed by atoms with Crippen molar-refractivity contribution >= 4 is 17.5 Å². The molecule has 1 aromatic carbocycles. The molecular weight excluding hydrogens is 242 g/mol. The topological polar surface area (TPSA) is 70.2 Å². The molecule has 5 heteroatoms. The second-order valence-electron chi connectivity index (χ2n) is 5.17. The number of carbonyl (C=O) groups is 2. The van der Waals surface area contributed by atoms with Crippen molar-refractivity contribution in [2.45, 2.75) is 12.8 Å². The summed E-state index contributed by atoms with van der Waals surface area (Å²) in [5.74, 6) is 0.459. The zero-order valence-corrected chi connectivity index (χ0v) is 10.7. The highest BCUT2D eigenvalue weighted by atomic mass is 16.2. The van der Waals surface area contributed by atoms with Crippen molar-refractivity contribution in [1.82, 2.24) is 10.6 Å². The number of anilines is 1. The van der Waals surface area contributed by atoms with E-state index in [-0.39, 0.29) is 11.8 Å². The van der Waals surface area contributed by atoms with Gasteiger partial charge in [0.15, 0.2) is 0 Å². The Balaban J connectivity index is 1.63. The largest absolute Gasteiger partial charge is 0.352 e. The van der Waals surface area contributed by atoms with Crippen LogP contribution in [0, 0.1) is 5.92 Å². The third-order valence-corrected chi connectivity index (χ3v) is 3.71. The molecule has 2 heterocycles. The average Bonchev–Trinajstić information content (AvgIpc) is 3.02. The molecule has 3 rings (SSSR count). The molecule has 0 bridgehead atoms. The van der Waals surface area contributed by atoms with Crippen LogP contribution in [-0.4, -0.2) is 31.4 Å². The Morgan fingerprint density at radius 2 is 2.32 bits per heavy atom. The number of hydrogen-bond donors (Lipinski definition) is 3. The highest BCUT2D eigenvalue weighted by molar-refractivity contribution is 6.01. The van der Waals surface area contributed by atoms with E-state index < -0.39 is 0 Å². The van der Waals surface area contributed by atoms with Crippen molar-refractivity contribution in [2.75, 3.05) is 25.0 Å². The molecule has 0 aliphatic carbocycles. The molecule has 100 valence electrons. The molecule has 0 unspecified atom stereocenters. The lowest BCUT2D eigenvalue weighted by atomic mass is 10.1. The first-order chi connectivity index (χ1) is 9.22. The minimum absolute atomic E-state index is 0.00964. The summed E-state index contributed by atoms with van der Waals surface area (Å²) in [6, 6.07) is 5.36. The van der Waals surface area contributed by atoms with Crippen molar-refractivity contribution in [3.05, 3.63) is 29.3 Å². The van der Waals surface area contributed by atoms with E-state index in [1.54, 1.807) is 18.2 Å². The molecule has 2 aliphatic rings. The number of fused-ring (bicyclic) bond motifs is 1. The first-order valence-electron chi connectivity index (χ1n) is 6.64. The van der Waals surface area contributed by atoms with Crippen LogP contribution < -0.4 is 16.0 Å². The van der Waals surface area contributed by atoms with Gasteiger partial charge < -0.3 is 16.0 Å². The number of hydrogen-bond acceptors (Lipinski definition) is 3. The fraction of sp³-hybridized carbons (Fsp3) is 0.429. The third-order valence-electron chi connectivity index (χ3n) is 3.71. The molecule has 0 aromatic heterocycles. The van der Waals surface area contributed by atoms with Gasteiger partial charge >= 0.3 is 0 Å². The lowest BCUT2D eigenvalue weighted by molar-refractivity contribution is -0.115. The van der Waals surface area contributed by atoms with Gasteiger partial charge in [0.05, 0.1) is 6.42 Å². The summed E-state index contributed by atoms with van der Waals surface area (Å²) in [6.07, 6.45) is 1.48. The van der Waals surface area contributed by atoms with Crippen LogP contribution in [0.25, 0.3) is 0 Å². The Kier molecular flexibility index (Phi) is 3.21. The van der Waals surface area contributed by atoms with Crippen LogP contribution >= 0.6 is 0 Å². The van der Waals surface area contributed by atoms with Gasteiger partial charge in [-0.1, -0.05) is 0 Å². The standard InChI is InChI=1S/C14H17N3O2/c18-13-6-11-5-10(1-2-12(11)17-13)14(19)16-8-9-3-4-15-7-9/h1-2,5,9,15H,3-4,6-8H2,(H,16,19)(H,17,18)/t9-/m0/s1. The van der Waals surface area contributed by atoms with Crippen LogP contribution in [0.2, 0.25) is 0 Å². The molecule has 1 aromatic rings. The number of rotatable bonds is 3. The van der Waals surface area contributed by atoms with Gasteiger partial charge in [0.2, 0.25) is 5.91 Å². The van der Waals surface area contributed by atoms with Gasteiger partial charge in [0, 0.05) is 17.8 Å². The smallest absolute Gasteiger partial charge is 0.251 e. The minimum Gasteiger partial charge on any atom is -0.352 e. The predicted octanol–water partition coefficient (Wildman–Crippen LogP) is 0.520. The summed E-state index contributed by atoms with van der Waals surface area (Å²) in [5, 5.41) is 9.00. The van der Waals surface area contributed by atoms with E-state index in [1.807, 2.05) is 0 Å². The molecule has 1 fully saturated rings. The molecule has 3 N–H and O–H groups in total. The van der Waals surface area contributed by atoms with Gasteiger partial charge in [-0.25, -0.2) is 0 Å². The fourth-order valence-corrected chi connectivity index (χ4v) is 2.60. The van der Waals surface area contributed by atoms with Crippen molar-refractivity contribution in [2.24, 2.45) is 5.92 Å². The van der Waals surface area contributed by atoms with Gasteiger partial charge in [-0.2, -0.15) is 0 Å². The maximum Gasteiger partial charge on any atom is 0.251 e. The highest BCUT2D eigenvalue weighted by Crippen LogP contribution is 2.23. The molecular formula is C14H17N3O2. The minimum atomic E-state index is -0.0611. The van der Waals surface area contributed by atoms with Gasteiger partial charge in [-0.05, 0) is 49.2 Å². The van der Waals surface area contributed by atoms with Crippen LogP contribution in [-0.2, 0) is 11.2 Å². The third kappa shape index (κ3) is 2.61. The Hall–Kier alpha value is -1.88. The summed E-state index contributed by atoms with van der Waals surface area (Å²) >= 11 is 0. The number of benzene rings is 1. The highest BCUT2D eigenvalue weighted by Gasteiger charge is 2.20. The summed E-state index contributed by atoms with van der Waals surface area (Å²) in [4.78, 5) is 23.3. The first-order valence-corrected chi connectivity index (χ1v) is 6.64. The van der Waals surface area contributed by atoms with Crippen LogP contribution in [0.4, 0.5) is 5.69 Å². The lowest BCUT2D eigenvalue weighted by Gasteiger charge is -2.10. The summed E-state index contributed by atoms with van der Waals surface area (Å²) in [6.45, 7) is 2.72. The average molecular weight is 259 g/mol.